The number of nitrogens with one attached hydrogen (secondary N) is 1. The first-order chi connectivity index (χ1) is 11.9. The van der Waals surface area contributed by atoms with Crippen molar-refractivity contribution >= 4 is 11.9 Å². The van der Waals surface area contributed by atoms with Gasteiger partial charge in [-0.15, -0.1) is 0 Å². The quantitative estimate of drug-likeness (QED) is 0.769. The lowest BCUT2D eigenvalue weighted by Crippen LogP contribution is -2.35. The van der Waals surface area contributed by atoms with Gasteiger partial charge in [-0.3, -0.25) is 4.79 Å². The summed E-state index contributed by atoms with van der Waals surface area (Å²) in [7, 11) is 0. The molecule has 0 aliphatic rings. The Hall–Kier alpha value is -3.02. The molecule has 1 unspecified atom stereocenters. The number of hydrogen-bond donors (Lipinski definition) is 2. The fraction of sp³-hybridized carbons (Fsp3) is 0.263. The van der Waals surface area contributed by atoms with Crippen LogP contribution in [-0.4, -0.2) is 29.7 Å². The maximum Gasteiger partial charge on any atom is 0.341 e. The number of carboxylic acids is 1. The van der Waals surface area contributed by atoms with Gasteiger partial charge in [-0.1, -0.05) is 24.3 Å². The Morgan fingerprint density at radius 2 is 1.84 bits per heavy atom. The molecule has 132 valence electrons. The number of carbonyl (C=O) groups excluding carboxylic acids is 1. The van der Waals surface area contributed by atoms with E-state index in [2.05, 4.69) is 5.32 Å². The molecule has 0 aliphatic heterocycles. The van der Waals surface area contributed by atoms with Crippen molar-refractivity contribution < 1.29 is 24.2 Å². The van der Waals surface area contributed by atoms with E-state index in [0.717, 1.165) is 11.1 Å². The zero-order chi connectivity index (χ0) is 18.2. The molecule has 6 heteroatoms. The average Bonchev–Trinajstić information content (AvgIpc) is 2.58. The smallest absolute Gasteiger partial charge is 0.341 e. The van der Waals surface area contributed by atoms with Crippen molar-refractivity contribution in [3.63, 3.8) is 0 Å². The number of ether oxygens (including phenoxy) is 2. The van der Waals surface area contributed by atoms with Crippen molar-refractivity contribution in [1.29, 1.82) is 0 Å². The minimum Gasteiger partial charge on any atom is -0.482 e. The van der Waals surface area contributed by atoms with Crippen LogP contribution < -0.4 is 14.8 Å². The second-order valence-electron chi connectivity index (χ2n) is 5.62. The first kappa shape index (κ1) is 18.3. The molecule has 0 spiro atoms. The minimum absolute atomic E-state index is 0.238. The molecule has 1 atom stereocenters. The van der Waals surface area contributed by atoms with E-state index in [4.69, 9.17) is 14.6 Å². The molecule has 0 saturated carbocycles. The largest absolute Gasteiger partial charge is 0.482 e. The van der Waals surface area contributed by atoms with Gasteiger partial charge in [-0.25, -0.2) is 4.79 Å². The summed E-state index contributed by atoms with van der Waals surface area (Å²) in [6.45, 7) is 3.53. The molecule has 0 saturated heterocycles. The summed E-state index contributed by atoms with van der Waals surface area (Å²) in [5.41, 5.74) is 1.86. The Balaban J connectivity index is 1.86. The molecule has 2 rings (SSSR count). The van der Waals surface area contributed by atoms with Crippen LogP contribution in [0.25, 0.3) is 0 Å². The Bertz CT molecular complexity index is 744. The summed E-state index contributed by atoms with van der Waals surface area (Å²) in [4.78, 5) is 22.7. The summed E-state index contributed by atoms with van der Waals surface area (Å²) in [5.74, 6) is -0.191. The van der Waals surface area contributed by atoms with E-state index < -0.39 is 18.7 Å². The number of benzene rings is 2. The van der Waals surface area contributed by atoms with Crippen LogP contribution in [0.2, 0.25) is 0 Å². The van der Waals surface area contributed by atoms with Gasteiger partial charge in [0.05, 0.1) is 0 Å². The van der Waals surface area contributed by atoms with Crippen LogP contribution in [0, 0.1) is 6.92 Å². The van der Waals surface area contributed by atoms with Crippen molar-refractivity contribution in [1.82, 2.24) is 5.32 Å². The normalized spacial score (nSPS) is 11.4. The average molecular weight is 343 g/mol. The molecule has 0 bridgehead atoms. The second kappa shape index (κ2) is 8.73. The van der Waals surface area contributed by atoms with Crippen LogP contribution in [0.15, 0.2) is 48.5 Å². The van der Waals surface area contributed by atoms with E-state index in [1.165, 1.54) is 0 Å². The third-order valence-electron chi connectivity index (χ3n) is 3.40. The Morgan fingerprint density at radius 3 is 2.56 bits per heavy atom. The van der Waals surface area contributed by atoms with Crippen LogP contribution in [0.1, 0.15) is 18.1 Å². The molecular weight excluding hydrogens is 322 g/mol. The van der Waals surface area contributed by atoms with Gasteiger partial charge < -0.3 is 19.9 Å². The first-order valence-corrected chi connectivity index (χ1v) is 7.88. The fourth-order valence-corrected chi connectivity index (χ4v) is 2.17. The molecule has 6 nitrogen and oxygen atoms in total. The van der Waals surface area contributed by atoms with Crippen LogP contribution in [-0.2, 0) is 16.1 Å². The maximum absolute atomic E-state index is 12.2. The van der Waals surface area contributed by atoms with Crippen molar-refractivity contribution in [3.8, 4) is 11.5 Å². The third kappa shape index (κ3) is 6.18. The standard InChI is InChI=1S/C19H21NO5/c1-13-5-3-8-17(9-13)25-14(2)19(23)20-11-15-6-4-7-16(10-15)24-12-18(21)22/h3-10,14H,11-12H2,1-2H3,(H,20,23)(H,21,22). The predicted molar refractivity (Wildman–Crippen MR) is 92.7 cm³/mol. The monoisotopic (exact) mass is 343 g/mol. The van der Waals surface area contributed by atoms with Gasteiger partial charge >= 0.3 is 5.97 Å². The summed E-state index contributed by atoms with van der Waals surface area (Å²) < 4.78 is 10.7. The molecule has 2 aromatic carbocycles. The van der Waals surface area contributed by atoms with E-state index in [1.54, 1.807) is 31.2 Å². The molecule has 2 aromatic rings. The van der Waals surface area contributed by atoms with Gasteiger partial charge in [0, 0.05) is 6.54 Å². The van der Waals surface area contributed by atoms with Crippen molar-refractivity contribution in [3.05, 3.63) is 59.7 Å². The number of rotatable bonds is 8. The van der Waals surface area contributed by atoms with Gasteiger partial charge in [0.2, 0.25) is 0 Å². The Kier molecular flexibility index (Phi) is 6.39. The molecule has 0 aliphatic carbocycles. The van der Waals surface area contributed by atoms with E-state index in [1.807, 2.05) is 31.2 Å². The van der Waals surface area contributed by atoms with E-state index >= 15 is 0 Å². The lowest BCUT2D eigenvalue weighted by atomic mass is 10.2. The molecule has 0 aromatic heterocycles. The number of aliphatic carboxylic acids is 1. The SMILES string of the molecule is Cc1cccc(OC(C)C(=O)NCc2cccc(OCC(=O)O)c2)c1. The van der Waals surface area contributed by atoms with Crippen LogP contribution >= 0.6 is 0 Å². The van der Waals surface area contributed by atoms with Crippen molar-refractivity contribution in [2.24, 2.45) is 0 Å². The first-order valence-electron chi connectivity index (χ1n) is 7.88. The summed E-state index contributed by atoms with van der Waals surface area (Å²) in [5, 5.41) is 11.4. The molecule has 25 heavy (non-hydrogen) atoms. The van der Waals surface area contributed by atoms with Gasteiger partial charge in [0.1, 0.15) is 11.5 Å². The molecular formula is C19H21NO5. The molecule has 0 fully saturated rings. The fourth-order valence-electron chi connectivity index (χ4n) is 2.17. The molecule has 2 N–H and O–H groups in total. The van der Waals surface area contributed by atoms with Gasteiger partial charge in [-0.2, -0.15) is 0 Å². The molecule has 0 radical (unpaired) electrons. The van der Waals surface area contributed by atoms with Gasteiger partial charge in [0.15, 0.2) is 12.7 Å². The Labute approximate surface area is 146 Å². The highest BCUT2D eigenvalue weighted by molar-refractivity contribution is 5.80. The minimum atomic E-state index is -1.04. The van der Waals surface area contributed by atoms with E-state index in [0.29, 0.717) is 18.0 Å². The highest BCUT2D eigenvalue weighted by atomic mass is 16.5. The number of aryl methyl sites for hydroxylation is 1. The highest BCUT2D eigenvalue weighted by Crippen LogP contribution is 2.15. The molecule has 0 heterocycles. The van der Waals surface area contributed by atoms with E-state index in [9.17, 15) is 9.59 Å². The van der Waals surface area contributed by atoms with Gasteiger partial charge in [0.25, 0.3) is 5.91 Å². The van der Waals surface area contributed by atoms with Crippen molar-refractivity contribution in [2.45, 2.75) is 26.5 Å². The highest BCUT2D eigenvalue weighted by Gasteiger charge is 2.14. The summed E-state index contributed by atoms with van der Waals surface area (Å²) in [6, 6.07) is 14.4. The number of hydrogen-bond acceptors (Lipinski definition) is 4. The number of carbonyl (C=O) groups is 2. The molecule has 1 amide bonds. The summed E-state index contributed by atoms with van der Waals surface area (Å²) in [6.07, 6.45) is -0.631. The summed E-state index contributed by atoms with van der Waals surface area (Å²) >= 11 is 0. The zero-order valence-corrected chi connectivity index (χ0v) is 14.2. The van der Waals surface area contributed by atoms with E-state index in [-0.39, 0.29) is 5.91 Å². The van der Waals surface area contributed by atoms with Crippen LogP contribution in [0.3, 0.4) is 0 Å². The zero-order valence-electron chi connectivity index (χ0n) is 14.2. The third-order valence-corrected chi connectivity index (χ3v) is 3.40. The predicted octanol–water partition coefficient (Wildman–Crippen LogP) is 2.54. The number of carboxylic acid groups (broad SMARTS) is 1. The van der Waals surface area contributed by atoms with Gasteiger partial charge in [-0.05, 0) is 49.2 Å². The lowest BCUT2D eigenvalue weighted by molar-refractivity contribution is -0.139. The topological polar surface area (TPSA) is 84.9 Å². The number of amides is 1. The van der Waals surface area contributed by atoms with Crippen molar-refractivity contribution in [2.75, 3.05) is 6.61 Å². The lowest BCUT2D eigenvalue weighted by Gasteiger charge is -2.15. The Morgan fingerprint density at radius 1 is 1.12 bits per heavy atom. The second-order valence-corrected chi connectivity index (χ2v) is 5.62. The van der Waals surface area contributed by atoms with Crippen LogP contribution in [0.5, 0.6) is 11.5 Å². The van der Waals surface area contributed by atoms with Crippen LogP contribution in [0.4, 0.5) is 0 Å². The maximum atomic E-state index is 12.2.